The maximum Gasteiger partial charge on any atom is 0.225 e. The van der Waals surface area contributed by atoms with Gasteiger partial charge >= 0.3 is 0 Å². The molecule has 2 aromatic rings. The van der Waals surface area contributed by atoms with Gasteiger partial charge in [0.05, 0.1) is 0 Å². The quantitative estimate of drug-likeness (QED) is 0.779. The second-order valence-electron chi connectivity index (χ2n) is 3.73. The number of nitrogens with two attached hydrogens (primary N) is 1. The van der Waals surface area contributed by atoms with Crippen molar-refractivity contribution in [1.29, 1.82) is 0 Å². The highest BCUT2D eigenvalue weighted by Gasteiger charge is 2.19. The Morgan fingerprint density at radius 3 is 2.07 bits per heavy atom. The molecule has 4 heteroatoms. The first-order valence-electron chi connectivity index (χ1n) is 4.81. The van der Waals surface area contributed by atoms with Gasteiger partial charge in [-0.05, 0) is 33.3 Å². The van der Waals surface area contributed by atoms with Crippen LogP contribution in [0.15, 0.2) is 8.94 Å². The van der Waals surface area contributed by atoms with Crippen LogP contribution in [0.1, 0.15) is 22.6 Å². The van der Waals surface area contributed by atoms with E-state index in [2.05, 4.69) is 5.16 Å². The molecular formula is C11H14N2O2. The van der Waals surface area contributed by atoms with E-state index in [4.69, 9.17) is 14.7 Å². The molecule has 0 saturated carbocycles. The number of nitrogens with zero attached hydrogens (tertiary/aromatic N) is 1. The van der Waals surface area contributed by atoms with E-state index in [0.29, 0.717) is 5.88 Å². The minimum absolute atomic E-state index is 0.364. The van der Waals surface area contributed by atoms with Gasteiger partial charge in [0.2, 0.25) is 5.88 Å². The zero-order valence-corrected chi connectivity index (χ0v) is 9.34. The van der Waals surface area contributed by atoms with Crippen LogP contribution in [0.3, 0.4) is 0 Å². The molecule has 2 N–H and O–H groups in total. The summed E-state index contributed by atoms with van der Waals surface area (Å²) in [6.45, 7) is 7.75. The maximum absolute atomic E-state index is 5.63. The summed E-state index contributed by atoms with van der Waals surface area (Å²) in [5, 5.41) is 3.96. The van der Waals surface area contributed by atoms with E-state index >= 15 is 0 Å². The summed E-state index contributed by atoms with van der Waals surface area (Å²) in [4.78, 5) is 0. The van der Waals surface area contributed by atoms with Crippen LogP contribution in [0.2, 0.25) is 0 Å². The Kier molecular flexibility index (Phi) is 2.07. The molecule has 0 radical (unpaired) electrons. The molecule has 15 heavy (non-hydrogen) atoms. The third kappa shape index (κ3) is 1.33. The molecule has 0 bridgehead atoms. The van der Waals surface area contributed by atoms with Gasteiger partial charge in [0.15, 0.2) is 0 Å². The molecule has 4 nitrogen and oxygen atoms in total. The number of aryl methyl sites for hydroxylation is 2. The Bertz CT molecular complexity index is 509. The van der Waals surface area contributed by atoms with E-state index in [1.165, 1.54) is 0 Å². The first-order chi connectivity index (χ1) is 7.02. The van der Waals surface area contributed by atoms with Crippen molar-refractivity contribution in [2.24, 2.45) is 0 Å². The second kappa shape index (κ2) is 3.15. The van der Waals surface area contributed by atoms with Crippen molar-refractivity contribution in [3.63, 3.8) is 0 Å². The van der Waals surface area contributed by atoms with E-state index in [-0.39, 0.29) is 0 Å². The average Bonchev–Trinajstić information content (AvgIpc) is 2.60. The fraction of sp³-hybridized carbons (Fsp3) is 0.364. The zero-order valence-electron chi connectivity index (χ0n) is 9.34. The largest absolute Gasteiger partial charge is 0.466 e. The SMILES string of the molecule is Cc1oc(C)c(-c2noc(N)c2C)c1C. The maximum atomic E-state index is 5.63. The van der Waals surface area contributed by atoms with Crippen LogP contribution >= 0.6 is 0 Å². The summed E-state index contributed by atoms with van der Waals surface area (Å²) in [5.74, 6) is 2.12. The Morgan fingerprint density at radius 1 is 1.00 bits per heavy atom. The molecular weight excluding hydrogens is 192 g/mol. The van der Waals surface area contributed by atoms with Crippen LogP contribution in [0.25, 0.3) is 11.3 Å². The van der Waals surface area contributed by atoms with Crippen molar-refractivity contribution in [3.05, 3.63) is 22.6 Å². The monoisotopic (exact) mass is 206 g/mol. The molecule has 0 aliphatic carbocycles. The minimum atomic E-state index is 0.364. The van der Waals surface area contributed by atoms with Gasteiger partial charge in [0.1, 0.15) is 17.2 Å². The summed E-state index contributed by atoms with van der Waals surface area (Å²) in [6.07, 6.45) is 0. The third-order valence-electron chi connectivity index (χ3n) is 2.76. The van der Waals surface area contributed by atoms with Crippen LogP contribution in [0, 0.1) is 27.7 Å². The first kappa shape index (κ1) is 9.83. The molecule has 0 fully saturated rings. The molecule has 0 aromatic carbocycles. The third-order valence-corrected chi connectivity index (χ3v) is 2.76. The fourth-order valence-electron chi connectivity index (χ4n) is 1.72. The highest BCUT2D eigenvalue weighted by atomic mass is 16.5. The Balaban J connectivity index is 2.68. The van der Waals surface area contributed by atoms with Gasteiger partial charge in [0, 0.05) is 11.1 Å². The number of hydrogen-bond acceptors (Lipinski definition) is 4. The van der Waals surface area contributed by atoms with Crippen molar-refractivity contribution in [1.82, 2.24) is 5.16 Å². The standard InChI is InChI=1S/C11H14N2O2/c1-5-7(3)14-8(4)9(5)10-6(2)11(12)15-13-10/h12H2,1-4H3. The van der Waals surface area contributed by atoms with Gasteiger partial charge in [-0.15, -0.1) is 0 Å². The number of aromatic nitrogens is 1. The first-order valence-corrected chi connectivity index (χ1v) is 4.81. The molecule has 2 heterocycles. The summed E-state index contributed by atoms with van der Waals surface area (Å²) < 4.78 is 10.5. The lowest BCUT2D eigenvalue weighted by Gasteiger charge is -1.96. The van der Waals surface area contributed by atoms with Gasteiger partial charge < -0.3 is 14.7 Å². The summed E-state index contributed by atoms with van der Waals surface area (Å²) in [5.41, 5.74) is 9.34. The van der Waals surface area contributed by atoms with Crippen LogP contribution in [0.5, 0.6) is 0 Å². The Morgan fingerprint density at radius 2 is 1.67 bits per heavy atom. The van der Waals surface area contributed by atoms with Crippen LogP contribution in [-0.2, 0) is 0 Å². The zero-order chi connectivity index (χ0) is 11.2. The molecule has 2 rings (SSSR count). The lowest BCUT2D eigenvalue weighted by Crippen LogP contribution is -1.87. The molecule has 0 aliphatic rings. The van der Waals surface area contributed by atoms with E-state index in [0.717, 1.165) is 33.9 Å². The molecule has 2 aromatic heterocycles. The van der Waals surface area contributed by atoms with E-state index in [9.17, 15) is 0 Å². The van der Waals surface area contributed by atoms with E-state index in [1.54, 1.807) is 0 Å². The van der Waals surface area contributed by atoms with Gasteiger partial charge in [-0.1, -0.05) is 5.16 Å². The van der Waals surface area contributed by atoms with Crippen molar-refractivity contribution >= 4 is 5.88 Å². The highest BCUT2D eigenvalue weighted by Crippen LogP contribution is 2.34. The van der Waals surface area contributed by atoms with Crippen LogP contribution in [0.4, 0.5) is 5.88 Å². The summed E-state index contributed by atoms with van der Waals surface area (Å²) in [6, 6.07) is 0. The van der Waals surface area contributed by atoms with E-state index < -0.39 is 0 Å². The molecule has 0 saturated heterocycles. The summed E-state index contributed by atoms with van der Waals surface area (Å²) in [7, 11) is 0. The molecule has 0 unspecified atom stereocenters. The average molecular weight is 206 g/mol. The normalized spacial score (nSPS) is 10.9. The predicted octanol–water partition coefficient (Wildman–Crippen LogP) is 2.75. The lowest BCUT2D eigenvalue weighted by atomic mass is 10.0. The second-order valence-corrected chi connectivity index (χ2v) is 3.73. The molecule has 0 spiro atoms. The van der Waals surface area contributed by atoms with Gasteiger partial charge in [-0.25, -0.2) is 0 Å². The van der Waals surface area contributed by atoms with Crippen molar-refractivity contribution < 1.29 is 8.94 Å². The number of hydrogen-bond donors (Lipinski definition) is 1. The minimum Gasteiger partial charge on any atom is -0.466 e. The molecule has 0 amide bonds. The van der Waals surface area contributed by atoms with Crippen molar-refractivity contribution in [3.8, 4) is 11.3 Å². The van der Waals surface area contributed by atoms with Crippen LogP contribution in [-0.4, -0.2) is 5.16 Å². The molecule has 0 atom stereocenters. The molecule has 80 valence electrons. The number of nitrogen functional groups attached to an aromatic ring is 1. The van der Waals surface area contributed by atoms with Gasteiger partial charge in [-0.2, -0.15) is 0 Å². The number of furan rings is 1. The van der Waals surface area contributed by atoms with Gasteiger partial charge in [0.25, 0.3) is 0 Å². The Labute approximate surface area is 88.0 Å². The number of rotatable bonds is 1. The smallest absolute Gasteiger partial charge is 0.225 e. The summed E-state index contributed by atoms with van der Waals surface area (Å²) >= 11 is 0. The molecule has 0 aliphatic heterocycles. The Hall–Kier alpha value is -1.71. The fourth-order valence-corrected chi connectivity index (χ4v) is 1.72. The van der Waals surface area contributed by atoms with Crippen molar-refractivity contribution in [2.45, 2.75) is 27.7 Å². The number of anilines is 1. The van der Waals surface area contributed by atoms with Crippen molar-refractivity contribution in [2.75, 3.05) is 5.73 Å². The van der Waals surface area contributed by atoms with E-state index in [1.807, 2.05) is 27.7 Å². The van der Waals surface area contributed by atoms with Crippen LogP contribution < -0.4 is 5.73 Å². The predicted molar refractivity (Wildman–Crippen MR) is 57.6 cm³/mol. The van der Waals surface area contributed by atoms with Gasteiger partial charge in [-0.3, -0.25) is 0 Å². The topological polar surface area (TPSA) is 65.2 Å². The lowest BCUT2D eigenvalue weighted by molar-refractivity contribution is 0.438. The highest BCUT2D eigenvalue weighted by molar-refractivity contribution is 5.71.